The number of ether oxygens (including phenoxy) is 1. The highest BCUT2D eigenvalue weighted by Gasteiger charge is 2.14. The van der Waals surface area contributed by atoms with Crippen molar-refractivity contribution in [2.45, 2.75) is 6.92 Å². The van der Waals surface area contributed by atoms with Gasteiger partial charge in [-0.25, -0.2) is 14.4 Å². The number of aryl methyl sites for hydroxylation is 1. The molecule has 0 amide bonds. The van der Waals surface area contributed by atoms with Crippen LogP contribution in [0.25, 0.3) is 21.6 Å². The highest BCUT2D eigenvalue weighted by atomic mass is 35.5. The lowest BCUT2D eigenvalue weighted by molar-refractivity contribution is 0.417. The molecular weight excluding hydrogens is 299 g/mol. The van der Waals surface area contributed by atoms with Gasteiger partial charge in [-0.2, -0.15) is 0 Å². The van der Waals surface area contributed by atoms with E-state index in [0.717, 1.165) is 16.2 Å². The summed E-state index contributed by atoms with van der Waals surface area (Å²) in [5.41, 5.74) is 1.09. The monoisotopic (exact) mass is 308 g/mol. The van der Waals surface area contributed by atoms with E-state index in [-0.39, 0.29) is 10.7 Å². The number of hydrogen-bond acceptors (Lipinski definition) is 4. The first kappa shape index (κ1) is 13.3. The topological polar surface area (TPSA) is 35.0 Å². The van der Waals surface area contributed by atoms with Crippen LogP contribution in [0.1, 0.15) is 5.56 Å². The Kier molecular flexibility index (Phi) is 3.31. The summed E-state index contributed by atoms with van der Waals surface area (Å²) >= 11 is 7.61. The third kappa shape index (κ3) is 2.13. The van der Waals surface area contributed by atoms with Gasteiger partial charge < -0.3 is 4.74 Å². The van der Waals surface area contributed by atoms with Gasteiger partial charge in [0.05, 0.1) is 12.0 Å². The van der Waals surface area contributed by atoms with Crippen molar-refractivity contribution in [3.05, 3.63) is 40.1 Å². The predicted molar refractivity (Wildman–Crippen MR) is 79.1 cm³/mol. The first-order valence-electron chi connectivity index (χ1n) is 5.85. The molecule has 1 aromatic carbocycles. The third-order valence-electron chi connectivity index (χ3n) is 3.00. The lowest BCUT2D eigenvalue weighted by Crippen LogP contribution is -1.94. The minimum absolute atomic E-state index is 0.243. The summed E-state index contributed by atoms with van der Waals surface area (Å²) < 4.78 is 19.1. The van der Waals surface area contributed by atoms with Crippen molar-refractivity contribution in [2.75, 3.05) is 7.11 Å². The molecule has 0 fully saturated rings. The number of thiophene rings is 1. The van der Waals surface area contributed by atoms with Gasteiger partial charge in [0.2, 0.25) is 0 Å². The lowest BCUT2D eigenvalue weighted by Gasteiger charge is -2.06. The molecule has 0 spiro atoms. The van der Waals surface area contributed by atoms with Crippen molar-refractivity contribution in [1.29, 1.82) is 0 Å². The number of rotatable bonds is 2. The van der Waals surface area contributed by atoms with Crippen LogP contribution in [0.3, 0.4) is 0 Å². The van der Waals surface area contributed by atoms with Crippen molar-refractivity contribution in [2.24, 2.45) is 0 Å². The zero-order valence-electron chi connectivity index (χ0n) is 10.8. The predicted octanol–water partition coefficient (Wildman–Crippen LogP) is 4.47. The SMILES string of the molecule is COc1csc(-c2nc(Cl)c3c(C)ccc(F)c3n2)c1. The summed E-state index contributed by atoms with van der Waals surface area (Å²) in [5.74, 6) is 0.717. The minimum Gasteiger partial charge on any atom is -0.496 e. The lowest BCUT2D eigenvalue weighted by atomic mass is 10.1. The van der Waals surface area contributed by atoms with Crippen LogP contribution in [-0.4, -0.2) is 17.1 Å². The van der Waals surface area contributed by atoms with Crippen molar-refractivity contribution >= 4 is 33.8 Å². The number of aromatic nitrogens is 2. The fourth-order valence-corrected chi connectivity index (χ4v) is 3.08. The summed E-state index contributed by atoms with van der Waals surface area (Å²) in [7, 11) is 1.59. The molecule has 0 aliphatic rings. The molecule has 0 atom stereocenters. The second-order valence-electron chi connectivity index (χ2n) is 4.28. The molecule has 0 radical (unpaired) electrons. The van der Waals surface area contributed by atoms with Crippen LogP contribution in [0.2, 0.25) is 5.15 Å². The summed E-state index contributed by atoms with van der Waals surface area (Å²) in [6.45, 7) is 1.85. The van der Waals surface area contributed by atoms with Gasteiger partial charge in [0, 0.05) is 16.8 Å². The van der Waals surface area contributed by atoms with Gasteiger partial charge in [0.1, 0.15) is 22.2 Å². The van der Waals surface area contributed by atoms with E-state index in [1.807, 2.05) is 12.3 Å². The zero-order chi connectivity index (χ0) is 14.3. The summed E-state index contributed by atoms with van der Waals surface area (Å²) in [5, 5.41) is 2.65. The summed E-state index contributed by atoms with van der Waals surface area (Å²) in [6, 6.07) is 4.86. The maximum Gasteiger partial charge on any atom is 0.171 e. The summed E-state index contributed by atoms with van der Waals surface area (Å²) in [4.78, 5) is 9.35. The molecule has 3 nitrogen and oxygen atoms in total. The molecule has 0 saturated carbocycles. The second-order valence-corrected chi connectivity index (χ2v) is 5.55. The van der Waals surface area contributed by atoms with Crippen LogP contribution in [0, 0.1) is 12.7 Å². The molecule has 0 unspecified atom stereocenters. The van der Waals surface area contributed by atoms with Crippen LogP contribution >= 0.6 is 22.9 Å². The first-order valence-corrected chi connectivity index (χ1v) is 7.11. The maximum absolute atomic E-state index is 13.9. The fraction of sp³-hybridized carbons (Fsp3) is 0.143. The minimum atomic E-state index is -0.403. The van der Waals surface area contributed by atoms with Gasteiger partial charge in [-0.05, 0) is 18.6 Å². The molecule has 20 heavy (non-hydrogen) atoms. The van der Waals surface area contributed by atoms with Crippen molar-refractivity contribution < 1.29 is 9.13 Å². The van der Waals surface area contributed by atoms with E-state index >= 15 is 0 Å². The van der Waals surface area contributed by atoms with Gasteiger partial charge in [-0.3, -0.25) is 0 Å². The van der Waals surface area contributed by atoms with Crippen LogP contribution in [-0.2, 0) is 0 Å². The van der Waals surface area contributed by atoms with E-state index in [9.17, 15) is 4.39 Å². The standard InChI is InChI=1S/C14H10ClFN2OS/c1-7-3-4-9(16)12-11(7)13(15)18-14(17-12)10-5-8(19-2)6-20-10/h3-6H,1-2H3. The van der Waals surface area contributed by atoms with Gasteiger partial charge >= 0.3 is 0 Å². The molecule has 3 rings (SSSR count). The van der Waals surface area contributed by atoms with E-state index in [0.29, 0.717) is 11.2 Å². The van der Waals surface area contributed by atoms with E-state index in [4.69, 9.17) is 16.3 Å². The number of halogens is 2. The van der Waals surface area contributed by atoms with Crippen LogP contribution in [0.15, 0.2) is 23.6 Å². The average molecular weight is 309 g/mol. The van der Waals surface area contributed by atoms with Gasteiger partial charge in [0.15, 0.2) is 5.82 Å². The smallest absolute Gasteiger partial charge is 0.171 e. The normalized spacial score (nSPS) is 11.0. The number of methoxy groups -OCH3 is 1. The van der Waals surface area contributed by atoms with Crippen molar-refractivity contribution in [3.63, 3.8) is 0 Å². The summed E-state index contributed by atoms with van der Waals surface area (Å²) in [6.07, 6.45) is 0. The average Bonchev–Trinajstić information content (AvgIpc) is 2.91. The molecule has 0 N–H and O–H groups in total. The molecule has 102 valence electrons. The molecular formula is C14H10ClFN2OS. The van der Waals surface area contributed by atoms with Gasteiger partial charge in [-0.1, -0.05) is 17.7 Å². The Labute approximate surface area is 124 Å². The maximum atomic E-state index is 13.9. The fourth-order valence-electron chi connectivity index (χ4n) is 1.97. The molecule has 0 aliphatic carbocycles. The number of nitrogens with zero attached hydrogens (tertiary/aromatic N) is 2. The number of fused-ring (bicyclic) bond motifs is 1. The van der Waals surface area contributed by atoms with E-state index < -0.39 is 5.82 Å². The number of benzene rings is 1. The molecule has 0 bridgehead atoms. The molecule has 3 aromatic rings. The van der Waals surface area contributed by atoms with Gasteiger partial charge in [0.25, 0.3) is 0 Å². The molecule has 2 heterocycles. The van der Waals surface area contributed by atoms with Crippen LogP contribution in [0.5, 0.6) is 5.75 Å². The van der Waals surface area contributed by atoms with Crippen molar-refractivity contribution in [1.82, 2.24) is 9.97 Å². The molecule has 2 aromatic heterocycles. The Balaban J connectivity index is 2.26. The Bertz CT molecular complexity index is 803. The van der Waals surface area contributed by atoms with Crippen LogP contribution in [0.4, 0.5) is 4.39 Å². The van der Waals surface area contributed by atoms with E-state index in [2.05, 4.69) is 9.97 Å². The molecule has 6 heteroatoms. The van der Waals surface area contributed by atoms with E-state index in [1.165, 1.54) is 17.4 Å². The van der Waals surface area contributed by atoms with Gasteiger partial charge in [-0.15, -0.1) is 11.3 Å². The Hall–Kier alpha value is -1.72. The molecule has 0 saturated heterocycles. The quantitative estimate of drug-likeness (QED) is 0.655. The van der Waals surface area contributed by atoms with Crippen LogP contribution < -0.4 is 4.74 Å². The Morgan fingerprint density at radius 1 is 1.30 bits per heavy atom. The largest absolute Gasteiger partial charge is 0.496 e. The first-order chi connectivity index (χ1) is 9.60. The Morgan fingerprint density at radius 3 is 2.80 bits per heavy atom. The number of hydrogen-bond donors (Lipinski definition) is 0. The second kappa shape index (κ2) is 5.00. The third-order valence-corrected chi connectivity index (χ3v) is 4.17. The zero-order valence-corrected chi connectivity index (χ0v) is 12.3. The highest BCUT2D eigenvalue weighted by Crippen LogP contribution is 2.33. The van der Waals surface area contributed by atoms with Crippen molar-refractivity contribution in [3.8, 4) is 16.5 Å². The van der Waals surface area contributed by atoms with E-state index in [1.54, 1.807) is 19.2 Å². The molecule has 0 aliphatic heterocycles. The Morgan fingerprint density at radius 2 is 2.10 bits per heavy atom. The highest BCUT2D eigenvalue weighted by molar-refractivity contribution is 7.13.